The van der Waals surface area contributed by atoms with Crippen LogP contribution >= 0.6 is 0 Å². The average molecular weight is 500 g/mol. The van der Waals surface area contributed by atoms with Gasteiger partial charge in [0.25, 0.3) is 5.56 Å². The number of hydrogen-bond donors (Lipinski definition) is 0. The first kappa shape index (κ1) is 25.3. The summed E-state index contributed by atoms with van der Waals surface area (Å²) in [5.74, 6) is 0.368. The number of nitrogens with zero attached hydrogens (tertiary/aromatic N) is 1. The molecular weight excluding hydrogens is 462 g/mol. The van der Waals surface area contributed by atoms with Crippen molar-refractivity contribution in [3.05, 3.63) is 86.7 Å². The van der Waals surface area contributed by atoms with Gasteiger partial charge in [-0.15, -0.1) is 0 Å². The highest BCUT2D eigenvalue weighted by Crippen LogP contribution is 2.51. The van der Waals surface area contributed by atoms with Crippen LogP contribution in [0, 0.1) is 6.92 Å². The summed E-state index contributed by atoms with van der Waals surface area (Å²) in [6.45, 7) is 5.35. The topological polar surface area (TPSA) is 57.5 Å². The molecule has 5 rings (SSSR count). The van der Waals surface area contributed by atoms with Gasteiger partial charge in [0.15, 0.2) is 0 Å². The first-order chi connectivity index (χ1) is 18.0. The van der Waals surface area contributed by atoms with E-state index in [2.05, 4.69) is 26.0 Å². The van der Waals surface area contributed by atoms with E-state index < -0.39 is 5.97 Å². The molecule has 0 unspecified atom stereocenters. The number of hydrogen-bond acceptors (Lipinski definition) is 4. The number of methoxy groups -OCH3 is 1. The number of ether oxygens (including phenoxy) is 2. The minimum absolute atomic E-state index is 0.106. The van der Waals surface area contributed by atoms with Crippen LogP contribution in [0.3, 0.4) is 0 Å². The van der Waals surface area contributed by atoms with Gasteiger partial charge in [-0.1, -0.05) is 62.9 Å². The van der Waals surface area contributed by atoms with Crippen LogP contribution in [0.1, 0.15) is 84.5 Å². The third kappa shape index (κ3) is 4.72. The van der Waals surface area contributed by atoms with Crippen LogP contribution in [0.2, 0.25) is 0 Å². The molecule has 2 aromatic carbocycles. The van der Waals surface area contributed by atoms with E-state index >= 15 is 0 Å². The number of benzene rings is 2. The average Bonchev–Trinajstić information content (AvgIpc) is 2.91. The van der Waals surface area contributed by atoms with E-state index in [0.717, 1.165) is 78.6 Å². The Kier molecular flexibility index (Phi) is 7.23. The lowest BCUT2D eigenvalue weighted by molar-refractivity contribution is 0.0597. The number of pyridine rings is 1. The number of aromatic nitrogens is 1. The van der Waals surface area contributed by atoms with Crippen molar-refractivity contribution >= 4 is 5.97 Å². The Morgan fingerprint density at radius 2 is 1.81 bits per heavy atom. The van der Waals surface area contributed by atoms with E-state index in [1.165, 1.54) is 19.1 Å². The minimum Gasteiger partial charge on any atom is -0.493 e. The van der Waals surface area contributed by atoms with Gasteiger partial charge in [-0.2, -0.15) is 0 Å². The van der Waals surface area contributed by atoms with Gasteiger partial charge in [-0.3, -0.25) is 4.79 Å². The van der Waals surface area contributed by atoms with E-state index in [1.54, 1.807) is 0 Å². The van der Waals surface area contributed by atoms with Crippen molar-refractivity contribution in [3.8, 4) is 17.0 Å². The van der Waals surface area contributed by atoms with E-state index in [-0.39, 0.29) is 16.5 Å². The second-order valence-electron chi connectivity index (χ2n) is 10.7. The van der Waals surface area contributed by atoms with Crippen molar-refractivity contribution in [2.45, 2.75) is 77.2 Å². The Morgan fingerprint density at radius 3 is 2.51 bits per heavy atom. The molecule has 37 heavy (non-hydrogen) atoms. The number of esters is 1. The zero-order valence-corrected chi connectivity index (χ0v) is 22.3. The second kappa shape index (κ2) is 10.6. The molecule has 5 nitrogen and oxygen atoms in total. The molecule has 0 radical (unpaired) electrons. The van der Waals surface area contributed by atoms with Crippen LogP contribution in [0.15, 0.2) is 53.3 Å². The van der Waals surface area contributed by atoms with Gasteiger partial charge in [0.2, 0.25) is 0 Å². The monoisotopic (exact) mass is 499 g/mol. The largest absolute Gasteiger partial charge is 0.493 e. The summed E-state index contributed by atoms with van der Waals surface area (Å²) in [5.41, 5.74) is 6.20. The first-order valence-corrected chi connectivity index (χ1v) is 13.6. The van der Waals surface area contributed by atoms with Crippen molar-refractivity contribution < 1.29 is 14.3 Å². The highest BCUT2D eigenvalue weighted by Gasteiger charge is 2.42. The highest BCUT2D eigenvalue weighted by atomic mass is 16.5. The molecule has 1 aromatic heterocycles. The van der Waals surface area contributed by atoms with E-state index in [1.807, 2.05) is 41.0 Å². The molecule has 2 aliphatic rings. The zero-order chi connectivity index (χ0) is 26.0. The van der Waals surface area contributed by atoms with E-state index in [4.69, 9.17) is 9.47 Å². The first-order valence-electron chi connectivity index (χ1n) is 13.6. The Balaban J connectivity index is 1.77. The fourth-order valence-corrected chi connectivity index (χ4v) is 6.25. The van der Waals surface area contributed by atoms with Crippen molar-refractivity contribution in [1.82, 2.24) is 4.57 Å². The molecule has 1 spiro atoms. The highest BCUT2D eigenvalue weighted by molar-refractivity contribution is 5.90. The van der Waals surface area contributed by atoms with Crippen molar-refractivity contribution in [3.63, 3.8) is 0 Å². The molecule has 0 bridgehead atoms. The number of carbonyl (C=O) groups is 1. The molecule has 1 fully saturated rings. The number of carbonyl (C=O) groups excluding carboxylic acids is 1. The van der Waals surface area contributed by atoms with Crippen LogP contribution in [0.25, 0.3) is 11.3 Å². The van der Waals surface area contributed by atoms with Gasteiger partial charge in [-0.25, -0.2) is 4.79 Å². The van der Waals surface area contributed by atoms with Crippen molar-refractivity contribution in [2.24, 2.45) is 0 Å². The summed E-state index contributed by atoms with van der Waals surface area (Å²) in [5, 5.41) is 0. The molecule has 1 heterocycles. The fourth-order valence-electron chi connectivity index (χ4n) is 6.25. The Hall–Kier alpha value is -3.34. The van der Waals surface area contributed by atoms with Crippen LogP contribution < -0.4 is 10.3 Å². The predicted molar refractivity (Wildman–Crippen MR) is 147 cm³/mol. The van der Waals surface area contributed by atoms with Crippen molar-refractivity contribution in [2.75, 3.05) is 13.7 Å². The van der Waals surface area contributed by atoms with Crippen LogP contribution in [0.4, 0.5) is 0 Å². The van der Waals surface area contributed by atoms with Gasteiger partial charge in [0.1, 0.15) is 11.3 Å². The van der Waals surface area contributed by atoms with E-state index in [0.29, 0.717) is 13.2 Å². The SMILES string of the molecule is CCCCOc1cc2c(cc1C)-c1c(cc(C(=O)OC)c(=O)n1Cc1ccccc1)C1(CCCCC1)C2. The van der Waals surface area contributed by atoms with Gasteiger partial charge < -0.3 is 14.0 Å². The lowest BCUT2D eigenvalue weighted by Gasteiger charge is -2.44. The summed E-state index contributed by atoms with van der Waals surface area (Å²) < 4.78 is 13.1. The summed E-state index contributed by atoms with van der Waals surface area (Å²) in [6.07, 6.45) is 8.61. The number of unbranched alkanes of at least 4 members (excludes halogenated alkanes) is 1. The third-order valence-corrected chi connectivity index (χ3v) is 8.20. The minimum atomic E-state index is -0.567. The predicted octanol–water partition coefficient (Wildman–Crippen LogP) is 6.60. The molecule has 0 atom stereocenters. The Labute approximate surface area is 219 Å². The molecule has 2 aliphatic carbocycles. The maximum Gasteiger partial charge on any atom is 0.343 e. The van der Waals surface area contributed by atoms with Crippen LogP contribution in [-0.2, 0) is 23.1 Å². The normalized spacial score (nSPS) is 15.6. The summed E-state index contributed by atoms with van der Waals surface area (Å²) in [4.78, 5) is 26.7. The fraction of sp³-hybridized carbons (Fsp3) is 0.438. The molecular formula is C32H37NO4. The molecule has 0 N–H and O–H groups in total. The quantitative estimate of drug-likeness (QED) is 0.272. The third-order valence-electron chi connectivity index (χ3n) is 8.20. The lowest BCUT2D eigenvalue weighted by Crippen LogP contribution is -2.40. The molecule has 5 heteroatoms. The summed E-state index contributed by atoms with van der Waals surface area (Å²) in [6, 6.07) is 16.3. The lowest BCUT2D eigenvalue weighted by atomic mass is 9.62. The van der Waals surface area contributed by atoms with Gasteiger partial charge in [-0.05, 0) is 73.1 Å². The van der Waals surface area contributed by atoms with Crippen LogP contribution in [0.5, 0.6) is 5.75 Å². The van der Waals surface area contributed by atoms with E-state index in [9.17, 15) is 9.59 Å². The Bertz CT molecular complexity index is 1350. The summed E-state index contributed by atoms with van der Waals surface area (Å²) >= 11 is 0. The number of rotatable bonds is 7. The molecule has 194 valence electrons. The maximum absolute atomic E-state index is 13.9. The van der Waals surface area contributed by atoms with Gasteiger partial charge >= 0.3 is 5.97 Å². The zero-order valence-electron chi connectivity index (χ0n) is 22.3. The molecule has 0 saturated heterocycles. The number of fused-ring (bicyclic) bond motifs is 4. The maximum atomic E-state index is 13.9. The summed E-state index contributed by atoms with van der Waals surface area (Å²) in [7, 11) is 1.35. The molecule has 3 aromatic rings. The number of aryl methyl sites for hydroxylation is 1. The van der Waals surface area contributed by atoms with Crippen LogP contribution in [-0.4, -0.2) is 24.3 Å². The molecule has 1 saturated carbocycles. The van der Waals surface area contributed by atoms with Gasteiger partial charge in [0, 0.05) is 11.0 Å². The molecule has 0 aliphatic heterocycles. The smallest absolute Gasteiger partial charge is 0.343 e. The van der Waals surface area contributed by atoms with Crippen molar-refractivity contribution in [1.29, 1.82) is 0 Å². The molecule has 0 amide bonds. The second-order valence-corrected chi connectivity index (χ2v) is 10.7. The van der Waals surface area contributed by atoms with Gasteiger partial charge in [0.05, 0.1) is 26.0 Å². The Morgan fingerprint density at radius 1 is 1.05 bits per heavy atom. The standard InChI is InChI=1S/C32H37NO4/c1-4-5-16-37-28-18-24-20-32(14-10-7-11-15-32)27-19-26(31(35)36-3)30(34)33(21-23-12-8-6-9-13-23)29(27)25(24)17-22(28)2/h6,8-9,12-13,17-19H,4-5,7,10-11,14-16,20-21H2,1-3H3.